The molecule has 1 aromatic carbocycles. The van der Waals surface area contributed by atoms with Crippen LogP contribution in [0.2, 0.25) is 0 Å². The average Bonchev–Trinajstić information content (AvgIpc) is 2.46. The molecule has 4 heteroatoms. The van der Waals surface area contributed by atoms with E-state index in [0.717, 1.165) is 17.1 Å². The highest BCUT2D eigenvalue weighted by atomic mass is 16.5. The number of anilines is 1. The molecule has 0 spiro atoms. The van der Waals surface area contributed by atoms with E-state index in [9.17, 15) is 0 Å². The number of hydrogen-bond donors (Lipinski definition) is 1. The van der Waals surface area contributed by atoms with Gasteiger partial charge in [-0.05, 0) is 11.0 Å². The van der Waals surface area contributed by atoms with E-state index in [1.807, 2.05) is 13.1 Å². The normalized spacial score (nSPS) is 11.5. The Balaban J connectivity index is 2.39. The molecule has 0 aliphatic carbocycles. The summed E-state index contributed by atoms with van der Waals surface area (Å²) in [6.07, 6.45) is 0. The van der Waals surface area contributed by atoms with Crippen LogP contribution in [0.4, 0.5) is 5.82 Å². The minimum atomic E-state index is 0.154. The number of ether oxygens (including phenoxy) is 1. The van der Waals surface area contributed by atoms with Crippen LogP contribution in [-0.2, 0) is 16.8 Å². The van der Waals surface area contributed by atoms with E-state index in [-0.39, 0.29) is 5.41 Å². The lowest BCUT2D eigenvalue weighted by molar-refractivity contribution is 0.178. The van der Waals surface area contributed by atoms with Gasteiger partial charge >= 0.3 is 0 Å². The lowest BCUT2D eigenvalue weighted by Gasteiger charge is -2.19. The first-order chi connectivity index (χ1) is 9.94. The number of nitrogens with zero attached hydrogens (tertiary/aromatic N) is 2. The Hall–Kier alpha value is -1.94. The van der Waals surface area contributed by atoms with Crippen LogP contribution in [0.15, 0.2) is 30.3 Å². The van der Waals surface area contributed by atoms with Gasteiger partial charge in [0.2, 0.25) is 0 Å². The zero-order valence-electron chi connectivity index (χ0n) is 13.4. The minimum absolute atomic E-state index is 0.154. The summed E-state index contributed by atoms with van der Waals surface area (Å²) in [6.45, 7) is 7.04. The molecule has 0 aliphatic rings. The number of hydrogen-bond acceptors (Lipinski definition) is 4. The van der Waals surface area contributed by atoms with Crippen LogP contribution in [0.3, 0.4) is 0 Å². The van der Waals surface area contributed by atoms with Crippen LogP contribution < -0.4 is 5.32 Å². The SMILES string of the molecule is CNc1cc(-c2ccc(C(C)(C)C)cc2)nc(COC)n1. The summed E-state index contributed by atoms with van der Waals surface area (Å²) in [5.41, 5.74) is 3.45. The van der Waals surface area contributed by atoms with Crippen molar-refractivity contribution in [2.75, 3.05) is 19.5 Å². The topological polar surface area (TPSA) is 47.0 Å². The van der Waals surface area contributed by atoms with Crippen molar-refractivity contribution in [2.45, 2.75) is 32.8 Å². The van der Waals surface area contributed by atoms with E-state index >= 15 is 0 Å². The summed E-state index contributed by atoms with van der Waals surface area (Å²) >= 11 is 0. The van der Waals surface area contributed by atoms with Crippen LogP contribution in [0, 0.1) is 0 Å². The van der Waals surface area contributed by atoms with Crippen LogP contribution in [-0.4, -0.2) is 24.1 Å². The van der Waals surface area contributed by atoms with Crippen molar-refractivity contribution in [3.05, 3.63) is 41.7 Å². The largest absolute Gasteiger partial charge is 0.377 e. The van der Waals surface area contributed by atoms with Crippen molar-refractivity contribution in [1.82, 2.24) is 9.97 Å². The zero-order chi connectivity index (χ0) is 15.5. The predicted molar refractivity (Wildman–Crippen MR) is 86.4 cm³/mol. The quantitative estimate of drug-likeness (QED) is 0.932. The number of aromatic nitrogens is 2. The molecule has 0 amide bonds. The van der Waals surface area contributed by atoms with E-state index in [1.54, 1.807) is 7.11 Å². The second-order valence-corrected chi connectivity index (χ2v) is 6.07. The first-order valence-electron chi connectivity index (χ1n) is 7.09. The molecule has 112 valence electrons. The zero-order valence-corrected chi connectivity index (χ0v) is 13.4. The average molecular weight is 285 g/mol. The van der Waals surface area contributed by atoms with Crippen molar-refractivity contribution >= 4 is 5.82 Å². The van der Waals surface area contributed by atoms with Crippen molar-refractivity contribution in [1.29, 1.82) is 0 Å². The monoisotopic (exact) mass is 285 g/mol. The van der Waals surface area contributed by atoms with Crippen molar-refractivity contribution in [3.63, 3.8) is 0 Å². The van der Waals surface area contributed by atoms with E-state index in [1.165, 1.54) is 5.56 Å². The summed E-state index contributed by atoms with van der Waals surface area (Å²) in [7, 11) is 3.50. The molecule has 0 atom stereocenters. The summed E-state index contributed by atoms with van der Waals surface area (Å²) < 4.78 is 5.13. The number of rotatable bonds is 4. The van der Waals surface area contributed by atoms with Crippen LogP contribution >= 0.6 is 0 Å². The van der Waals surface area contributed by atoms with E-state index < -0.39 is 0 Å². The molecule has 0 fully saturated rings. The van der Waals surface area contributed by atoms with Gasteiger partial charge in [0.15, 0.2) is 5.82 Å². The Labute approximate surface area is 126 Å². The smallest absolute Gasteiger partial charge is 0.157 e. The molecular weight excluding hydrogens is 262 g/mol. The lowest BCUT2D eigenvalue weighted by Crippen LogP contribution is -2.10. The number of nitrogens with one attached hydrogen (secondary N) is 1. The third-order valence-corrected chi connectivity index (χ3v) is 3.35. The summed E-state index contributed by atoms with van der Waals surface area (Å²) in [5, 5.41) is 3.06. The third kappa shape index (κ3) is 3.79. The molecular formula is C17H23N3O. The fourth-order valence-corrected chi connectivity index (χ4v) is 2.11. The van der Waals surface area contributed by atoms with Crippen molar-refractivity contribution < 1.29 is 4.74 Å². The molecule has 2 aromatic rings. The van der Waals surface area contributed by atoms with E-state index in [2.05, 4.69) is 60.3 Å². The number of benzene rings is 1. The van der Waals surface area contributed by atoms with Crippen LogP contribution in [0.5, 0.6) is 0 Å². The molecule has 0 bridgehead atoms. The van der Waals surface area contributed by atoms with E-state index in [0.29, 0.717) is 12.4 Å². The molecule has 4 nitrogen and oxygen atoms in total. The molecule has 1 N–H and O–H groups in total. The summed E-state index contributed by atoms with van der Waals surface area (Å²) in [6, 6.07) is 10.5. The molecule has 21 heavy (non-hydrogen) atoms. The molecule has 2 rings (SSSR count). The fraction of sp³-hybridized carbons (Fsp3) is 0.412. The highest BCUT2D eigenvalue weighted by Crippen LogP contribution is 2.26. The molecule has 1 heterocycles. The molecule has 0 saturated carbocycles. The van der Waals surface area contributed by atoms with Gasteiger partial charge in [0.05, 0.1) is 5.69 Å². The van der Waals surface area contributed by atoms with Gasteiger partial charge in [-0.25, -0.2) is 9.97 Å². The highest BCUT2D eigenvalue weighted by Gasteiger charge is 2.13. The Morgan fingerprint density at radius 2 is 1.76 bits per heavy atom. The molecule has 0 radical (unpaired) electrons. The van der Waals surface area contributed by atoms with Gasteiger partial charge < -0.3 is 10.1 Å². The Kier molecular flexibility index (Phi) is 4.58. The minimum Gasteiger partial charge on any atom is -0.377 e. The van der Waals surface area contributed by atoms with Gasteiger partial charge in [-0.3, -0.25) is 0 Å². The maximum Gasteiger partial charge on any atom is 0.157 e. The van der Waals surface area contributed by atoms with E-state index in [4.69, 9.17) is 4.74 Å². The van der Waals surface area contributed by atoms with Gasteiger partial charge in [0.25, 0.3) is 0 Å². The Bertz CT molecular complexity index is 600. The van der Waals surface area contributed by atoms with Gasteiger partial charge in [-0.1, -0.05) is 45.0 Å². The fourth-order valence-electron chi connectivity index (χ4n) is 2.11. The van der Waals surface area contributed by atoms with Crippen LogP contribution in [0.25, 0.3) is 11.3 Å². The number of methoxy groups -OCH3 is 1. The van der Waals surface area contributed by atoms with Gasteiger partial charge in [-0.2, -0.15) is 0 Å². The summed E-state index contributed by atoms with van der Waals surface area (Å²) in [5.74, 6) is 1.48. The maximum absolute atomic E-state index is 5.13. The van der Waals surface area contributed by atoms with Gasteiger partial charge in [-0.15, -0.1) is 0 Å². The third-order valence-electron chi connectivity index (χ3n) is 3.35. The maximum atomic E-state index is 5.13. The van der Waals surface area contributed by atoms with Crippen molar-refractivity contribution in [2.24, 2.45) is 0 Å². The molecule has 0 aliphatic heterocycles. The lowest BCUT2D eigenvalue weighted by atomic mass is 9.86. The first-order valence-corrected chi connectivity index (χ1v) is 7.09. The second-order valence-electron chi connectivity index (χ2n) is 6.07. The highest BCUT2D eigenvalue weighted by molar-refractivity contribution is 5.63. The molecule has 0 unspecified atom stereocenters. The first kappa shape index (κ1) is 15.4. The Morgan fingerprint density at radius 3 is 2.29 bits per heavy atom. The molecule has 1 aromatic heterocycles. The van der Waals surface area contributed by atoms with Crippen LogP contribution in [0.1, 0.15) is 32.2 Å². The molecule has 0 saturated heterocycles. The second kappa shape index (κ2) is 6.22. The summed E-state index contributed by atoms with van der Waals surface area (Å²) in [4.78, 5) is 8.93. The van der Waals surface area contributed by atoms with Gasteiger partial charge in [0, 0.05) is 25.8 Å². The Morgan fingerprint density at radius 1 is 1.10 bits per heavy atom. The van der Waals surface area contributed by atoms with Crippen molar-refractivity contribution in [3.8, 4) is 11.3 Å². The standard InChI is InChI=1S/C17H23N3O/c1-17(2,3)13-8-6-12(7-9-13)14-10-15(18-4)20-16(19-14)11-21-5/h6-10H,11H2,1-5H3,(H,18,19,20). The van der Waals surface area contributed by atoms with Gasteiger partial charge in [0.1, 0.15) is 12.4 Å². The predicted octanol–water partition coefficient (Wildman–Crippen LogP) is 3.63.